The van der Waals surface area contributed by atoms with E-state index >= 15 is 0 Å². The molecule has 2 aromatic heterocycles. The molecule has 0 unspecified atom stereocenters. The van der Waals surface area contributed by atoms with Crippen LogP contribution in [0.15, 0.2) is 59.7 Å². The van der Waals surface area contributed by atoms with Crippen molar-refractivity contribution >= 4 is 6.03 Å². The Morgan fingerprint density at radius 1 is 1.25 bits per heavy atom. The average Bonchev–Trinajstić information content (AvgIpc) is 3.43. The lowest BCUT2D eigenvalue weighted by Gasteiger charge is -2.35. The van der Waals surface area contributed by atoms with Crippen molar-refractivity contribution in [2.75, 3.05) is 6.54 Å². The second-order valence-electron chi connectivity index (χ2n) is 7.10. The van der Waals surface area contributed by atoms with Gasteiger partial charge in [-0.3, -0.25) is 0 Å². The summed E-state index contributed by atoms with van der Waals surface area (Å²) in [5, 5.41) is 3.00. The van der Waals surface area contributed by atoms with E-state index in [1.165, 1.54) is 6.42 Å². The normalized spacial score (nSPS) is 16.9. The van der Waals surface area contributed by atoms with Gasteiger partial charge in [-0.25, -0.2) is 14.8 Å². The van der Waals surface area contributed by atoms with Crippen molar-refractivity contribution in [3.63, 3.8) is 0 Å². The third kappa shape index (κ3) is 4.42. The maximum absolute atomic E-state index is 12.8. The number of likely N-dealkylation sites (tertiary alicyclic amines) is 1. The molecule has 1 saturated heterocycles. The van der Waals surface area contributed by atoms with Crippen LogP contribution in [0.4, 0.5) is 4.79 Å². The third-order valence-electron chi connectivity index (χ3n) is 5.16. The first-order valence-electron chi connectivity index (χ1n) is 9.79. The zero-order valence-corrected chi connectivity index (χ0v) is 15.8. The molecule has 7 nitrogen and oxygen atoms in total. The Bertz CT molecular complexity index is 875. The minimum absolute atomic E-state index is 0.0282. The molecule has 1 atom stereocenters. The Kier molecular flexibility index (Phi) is 5.70. The number of carbonyl (C=O) groups excluding carboxylic acids is 1. The van der Waals surface area contributed by atoms with Gasteiger partial charge in [-0.15, -0.1) is 0 Å². The fraction of sp³-hybridized carbons (Fsp3) is 0.381. The molecule has 4 rings (SSSR count). The standard InChI is InChI=1S/C21H25N5O2/c27-21(23-14-18-15-28-20(24-18)17-6-2-1-3-7-17)26-11-5-4-8-19(26)9-12-25-13-10-22-16-25/h1-3,6-7,10,13,15-16,19H,4-5,8-9,11-12,14H2,(H,23,27)/t19-/m1/s1. The van der Waals surface area contributed by atoms with Gasteiger partial charge in [0.15, 0.2) is 0 Å². The highest BCUT2D eigenvalue weighted by atomic mass is 16.3. The zero-order valence-electron chi connectivity index (χ0n) is 15.8. The number of carbonyl (C=O) groups is 1. The number of nitrogens with zero attached hydrogens (tertiary/aromatic N) is 4. The highest BCUT2D eigenvalue weighted by molar-refractivity contribution is 5.74. The van der Waals surface area contributed by atoms with Gasteiger partial charge in [-0.1, -0.05) is 18.2 Å². The molecule has 1 aliphatic rings. The second kappa shape index (κ2) is 8.73. The molecule has 1 aromatic carbocycles. The molecule has 7 heteroatoms. The van der Waals surface area contributed by atoms with Crippen LogP contribution in [0.25, 0.3) is 11.5 Å². The van der Waals surface area contributed by atoms with Crippen molar-refractivity contribution in [1.82, 2.24) is 24.8 Å². The van der Waals surface area contributed by atoms with Crippen LogP contribution in [0.2, 0.25) is 0 Å². The molecule has 0 bridgehead atoms. The molecule has 3 aromatic rings. The van der Waals surface area contributed by atoms with Gasteiger partial charge in [-0.05, 0) is 37.8 Å². The smallest absolute Gasteiger partial charge is 0.317 e. The number of piperidine rings is 1. The van der Waals surface area contributed by atoms with Crippen molar-refractivity contribution in [3.05, 3.63) is 61.0 Å². The summed E-state index contributed by atoms with van der Waals surface area (Å²) in [7, 11) is 0. The van der Waals surface area contributed by atoms with Gasteiger partial charge in [0, 0.05) is 37.1 Å². The van der Waals surface area contributed by atoms with Crippen LogP contribution in [0, 0.1) is 0 Å². The Labute approximate surface area is 164 Å². The largest absolute Gasteiger partial charge is 0.444 e. The Hall–Kier alpha value is -3.09. The lowest BCUT2D eigenvalue weighted by atomic mass is 10.00. The number of rotatable bonds is 6. The summed E-state index contributed by atoms with van der Waals surface area (Å²) in [5.74, 6) is 0.570. The van der Waals surface area contributed by atoms with E-state index in [-0.39, 0.29) is 12.1 Å². The summed E-state index contributed by atoms with van der Waals surface area (Å²) in [6.07, 6.45) is 11.4. The molecule has 146 valence electrons. The lowest BCUT2D eigenvalue weighted by molar-refractivity contribution is 0.143. The molecule has 2 amide bonds. The number of hydrogen-bond donors (Lipinski definition) is 1. The lowest BCUT2D eigenvalue weighted by Crippen LogP contribution is -2.48. The van der Waals surface area contributed by atoms with Crippen LogP contribution in [-0.2, 0) is 13.1 Å². The third-order valence-corrected chi connectivity index (χ3v) is 5.16. The Morgan fingerprint density at radius 2 is 2.14 bits per heavy atom. The van der Waals surface area contributed by atoms with E-state index in [0.29, 0.717) is 12.4 Å². The molecule has 28 heavy (non-hydrogen) atoms. The van der Waals surface area contributed by atoms with E-state index in [9.17, 15) is 4.79 Å². The SMILES string of the molecule is O=C(NCc1coc(-c2ccccc2)n1)N1CCCC[C@@H]1CCn1ccnc1. The van der Waals surface area contributed by atoms with Gasteiger partial charge in [0.1, 0.15) is 6.26 Å². The van der Waals surface area contributed by atoms with E-state index in [2.05, 4.69) is 19.9 Å². The summed E-state index contributed by atoms with van der Waals surface area (Å²) >= 11 is 0. The van der Waals surface area contributed by atoms with Crippen molar-refractivity contribution in [1.29, 1.82) is 0 Å². The van der Waals surface area contributed by atoms with Gasteiger partial charge >= 0.3 is 6.03 Å². The number of imidazole rings is 1. The summed E-state index contributed by atoms with van der Waals surface area (Å²) in [6.45, 7) is 2.03. The van der Waals surface area contributed by atoms with Gasteiger partial charge in [0.25, 0.3) is 0 Å². The van der Waals surface area contributed by atoms with Crippen molar-refractivity contribution in [2.45, 2.75) is 44.8 Å². The first-order chi connectivity index (χ1) is 13.8. The molecule has 1 fully saturated rings. The molecule has 3 heterocycles. The molecule has 0 aliphatic carbocycles. The summed E-state index contributed by atoms with van der Waals surface area (Å²) in [6, 6.07) is 9.98. The van der Waals surface area contributed by atoms with Gasteiger partial charge in [0.2, 0.25) is 5.89 Å². The van der Waals surface area contributed by atoms with Gasteiger partial charge in [0.05, 0.1) is 18.6 Å². The predicted molar refractivity (Wildman–Crippen MR) is 105 cm³/mol. The predicted octanol–water partition coefficient (Wildman–Crippen LogP) is 3.69. The van der Waals surface area contributed by atoms with E-state index < -0.39 is 0 Å². The van der Waals surface area contributed by atoms with E-state index in [1.54, 1.807) is 12.5 Å². The molecular weight excluding hydrogens is 354 g/mol. The van der Waals surface area contributed by atoms with Crippen LogP contribution >= 0.6 is 0 Å². The molecule has 1 aliphatic heterocycles. The Balaban J connectivity index is 1.32. The number of benzene rings is 1. The minimum atomic E-state index is -0.0282. The quantitative estimate of drug-likeness (QED) is 0.709. The van der Waals surface area contributed by atoms with E-state index in [0.717, 1.165) is 43.6 Å². The van der Waals surface area contributed by atoms with E-state index in [1.807, 2.05) is 47.8 Å². The number of hydrogen-bond acceptors (Lipinski definition) is 4. The summed E-state index contributed by atoms with van der Waals surface area (Å²) in [5.41, 5.74) is 1.65. The minimum Gasteiger partial charge on any atom is -0.444 e. The molecule has 0 spiro atoms. The number of urea groups is 1. The van der Waals surface area contributed by atoms with Crippen LogP contribution in [-0.4, -0.2) is 38.1 Å². The number of oxazole rings is 1. The van der Waals surface area contributed by atoms with Crippen molar-refractivity contribution < 1.29 is 9.21 Å². The van der Waals surface area contributed by atoms with Crippen LogP contribution < -0.4 is 5.32 Å². The van der Waals surface area contributed by atoms with Crippen molar-refractivity contribution in [3.8, 4) is 11.5 Å². The fourth-order valence-corrected chi connectivity index (χ4v) is 3.65. The van der Waals surface area contributed by atoms with Gasteiger partial charge in [-0.2, -0.15) is 0 Å². The highest BCUT2D eigenvalue weighted by Crippen LogP contribution is 2.21. The molecule has 0 radical (unpaired) electrons. The molecular formula is C21H25N5O2. The highest BCUT2D eigenvalue weighted by Gasteiger charge is 2.26. The molecule has 1 N–H and O–H groups in total. The van der Waals surface area contributed by atoms with Gasteiger partial charge < -0.3 is 19.2 Å². The summed E-state index contributed by atoms with van der Waals surface area (Å²) < 4.78 is 7.61. The van der Waals surface area contributed by atoms with Crippen molar-refractivity contribution in [2.24, 2.45) is 0 Å². The Morgan fingerprint density at radius 3 is 2.96 bits per heavy atom. The first kappa shape index (κ1) is 18.3. The fourth-order valence-electron chi connectivity index (χ4n) is 3.65. The maximum atomic E-state index is 12.8. The van der Waals surface area contributed by atoms with E-state index in [4.69, 9.17) is 4.42 Å². The second-order valence-corrected chi connectivity index (χ2v) is 7.10. The zero-order chi connectivity index (χ0) is 19.2. The monoisotopic (exact) mass is 379 g/mol. The van der Waals surface area contributed by atoms with Crippen LogP contribution in [0.5, 0.6) is 0 Å². The maximum Gasteiger partial charge on any atom is 0.317 e. The number of aryl methyl sites for hydroxylation is 1. The molecule has 0 saturated carbocycles. The van der Waals surface area contributed by atoms with Crippen LogP contribution in [0.1, 0.15) is 31.4 Å². The number of amides is 2. The van der Waals surface area contributed by atoms with Crippen LogP contribution in [0.3, 0.4) is 0 Å². The number of aromatic nitrogens is 3. The topological polar surface area (TPSA) is 76.2 Å². The number of nitrogens with one attached hydrogen (secondary N) is 1. The average molecular weight is 379 g/mol. The first-order valence-corrected chi connectivity index (χ1v) is 9.79. The summed E-state index contributed by atoms with van der Waals surface area (Å²) in [4.78, 5) is 23.3.